The first-order valence-electron chi connectivity index (χ1n) is 15.4. The Bertz CT molecular complexity index is 1760. The zero-order valence-corrected chi connectivity index (χ0v) is 26.9. The van der Waals surface area contributed by atoms with Crippen LogP contribution in [-0.2, 0) is 33.7 Å². The number of nitrogens with one attached hydrogen (secondary N) is 4. The summed E-state index contributed by atoms with van der Waals surface area (Å²) in [5.74, 6) is -0.968. The highest BCUT2D eigenvalue weighted by Crippen LogP contribution is 2.25. The summed E-state index contributed by atoms with van der Waals surface area (Å²) in [6, 6.07) is 21.6. The van der Waals surface area contributed by atoms with Gasteiger partial charge < -0.3 is 30.6 Å². The molecule has 0 saturated heterocycles. The van der Waals surface area contributed by atoms with Crippen LogP contribution in [0.5, 0.6) is 0 Å². The number of rotatable bonds is 8. The predicted octanol–water partition coefficient (Wildman–Crippen LogP) is 5.34. The van der Waals surface area contributed by atoms with Crippen LogP contribution in [-0.4, -0.2) is 57.4 Å². The fourth-order valence-electron chi connectivity index (χ4n) is 5.51. The second kappa shape index (κ2) is 13.1. The number of para-hydroxylation sites is 1. The molecule has 1 aromatic heterocycles. The Hall–Kier alpha value is -5.12. The van der Waals surface area contributed by atoms with E-state index in [0.29, 0.717) is 30.8 Å². The first kappa shape index (κ1) is 32.3. The third kappa shape index (κ3) is 7.74. The van der Waals surface area contributed by atoms with Crippen LogP contribution < -0.4 is 16.0 Å². The van der Waals surface area contributed by atoms with Gasteiger partial charge in [0.05, 0.1) is 0 Å². The molecule has 4 aromatic rings. The van der Waals surface area contributed by atoms with Gasteiger partial charge in [0.15, 0.2) is 0 Å². The SMILES string of the molecule is CC(C)(C)OC(=O)NC(C)(C)C(=O)NC(Cc1c[nH]c2ccccc12)C(=O)N1CCc2ccc(NC(=O)c3ccccc3)cc2C1. The standard InChI is InChI=1S/C36H41N5O5/c1-35(2,3)46-34(45)40-36(4,5)33(44)39-30(20-25-21-37-29-14-10-9-13-28(25)29)32(43)41-18-17-23-15-16-27(19-26(23)22-41)38-31(42)24-11-7-6-8-12-24/h6-16,19,21,30,37H,17-18,20,22H2,1-5H3,(H,38,42)(H,39,44)(H,40,45). The number of aromatic nitrogens is 1. The number of hydrogen-bond donors (Lipinski definition) is 4. The van der Waals surface area contributed by atoms with Crippen molar-refractivity contribution in [2.24, 2.45) is 0 Å². The molecule has 4 amide bonds. The Morgan fingerprint density at radius 1 is 0.913 bits per heavy atom. The van der Waals surface area contributed by atoms with Crippen LogP contribution in [0.4, 0.5) is 10.5 Å². The van der Waals surface area contributed by atoms with Crippen LogP contribution in [0.3, 0.4) is 0 Å². The van der Waals surface area contributed by atoms with Crippen molar-refractivity contribution in [3.05, 3.63) is 101 Å². The van der Waals surface area contributed by atoms with Crippen molar-refractivity contribution >= 4 is 40.4 Å². The molecule has 0 spiro atoms. The number of ether oxygens (including phenoxy) is 1. The first-order valence-corrected chi connectivity index (χ1v) is 15.4. The quantitative estimate of drug-likeness (QED) is 0.211. The predicted molar refractivity (Wildman–Crippen MR) is 177 cm³/mol. The van der Waals surface area contributed by atoms with E-state index in [-0.39, 0.29) is 18.2 Å². The van der Waals surface area contributed by atoms with E-state index in [4.69, 9.17) is 4.74 Å². The van der Waals surface area contributed by atoms with E-state index in [2.05, 4.69) is 20.9 Å². The van der Waals surface area contributed by atoms with Crippen LogP contribution in [0, 0.1) is 0 Å². The molecular formula is C36H41N5O5. The van der Waals surface area contributed by atoms with Crippen LogP contribution in [0.25, 0.3) is 10.9 Å². The lowest BCUT2D eigenvalue weighted by atomic mass is 9.96. The smallest absolute Gasteiger partial charge is 0.408 e. The summed E-state index contributed by atoms with van der Waals surface area (Å²) in [7, 11) is 0. The molecule has 0 aliphatic carbocycles. The van der Waals surface area contributed by atoms with E-state index in [1.54, 1.807) is 51.7 Å². The molecule has 1 aliphatic heterocycles. The first-order chi connectivity index (χ1) is 21.8. The average molecular weight is 624 g/mol. The lowest BCUT2D eigenvalue weighted by Crippen LogP contribution is -2.60. The number of amides is 4. The summed E-state index contributed by atoms with van der Waals surface area (Å²) >= 11 is 0. The summed E-state index contributed by atoms with van der Waals surface area (Å²) in [6.07, 6.45) is 2.00. The van der Waals surface area contributed by atoms with E-state index in [1.807, 2.05) is 66.9 Å². The lowest BCUT2D eigenvalue weighted by Gasteiger charge is -2.34. The maximum absolute atomic E-state index is 14.2. The molecule has 10 nitrogen and oxygen atoms in total. The number of fused-ring (bicyclic) bond motifs is 2. The van der Waals surface area contributed by atoms with Crippen LogP contribution in [0.15, 0.2) is 79.0 Å². The normalized spacial score (nSPS) is 13.8. The molecule has 1 aliphatic rings. The van der Waals surface area contributed by atoms with Crippen molar-refractivity contribution in [3.8, 4) is 0 Å². The third-order valence-corrected chi connectivity index (χ3v) is 7.91. The van der Waals surface area contributed by atoms with Crippen molar-refractivity contribution in [1.29, 1.82) is 0 Å². The largest absolute Gasteiger partial charge is 0.444 e. The Morgan fingerprint density at radius 3 is 2.37 bits per heavy atom. The Balaban J connectivity index is 1.35. The van der Waals surface area contributed by atoms with Crippen molar-refractivity contribution in [2.45, 2.75) is 71.2 Å². The van der Waals surface area contributed by atoms with Gasteiger partial charge in [-0.25, -0.2) is 4.79 Å². The fraction of sp³-hybridized carbons (Fsp3) is 0.333. The summed E-state index contributed by atoms with van der Waals surface area (Å²) in [5.41, 5.74) is 2.93. The Kier molecular flexibility index (Phi) is 9.18. The molecule has 2 heterocycles. The van der Waals surface area contributed by atoms with E-state index < -0.39 is 29.2 Å². The molecule has 240 valence electrons. The number of alkyl carbamates (subject to hydrolysis) is 1. The Morgan fingerprint density at radius 2 is 1.63 bits per heavy atom. The molecule has 5 rings (SSSR count). The number of carbonyl (C=O) groups excluding carboxylic acids is 4. The van der Waals surface area contributed by atoms with Gasteiger partial charge >= 0.3 is 6.09 Å². The number of aromatic amines is 1. The van der Waals surface area contributed by atoms with E-state index in [0.717, 1.165) is 27.6 Å². The molecule has 4 N–H and O–H groups in total. The topological polar surface area (TPSA) is 133 Å². The third-order valence-electron chi connectivity index (χ3n) is 7.91. The molecule has 0 fully saturated rings. The minimum absolute atomic E-state index is 0.214. The van der Waals surface area contributed by atoms with Gasteiger partial charge in [0.25, 0.3) is 5.91 Å². The number of anilines is 1. The van der Waals surface area contributed by atoms with E-state index in [9.17, 15) is 19.2 Å². The van der Waals surface area contributed by atoms with Gasteiger partial charge in [-0.1, -0.05) is 42.5 Å². The molecule has 1 atom stereocenters. The van der Waals surface area contributed by atoms with E-state index in [1.165, 1.54) is 0 Å². The highest BCUT2D eigenvalue weighted by Gasteiger charge is 2.36. The highest BCUT2D eigenvalue weighted by molar-refractivity contribution is 6.04. The number of H-pyrrole nitrogens is 1. The van der Waals surface area contributed by atoms with Crippen LogP contribution in [0.1, 0.15) is 61.7 Å². The summed E-state index contributed by atoms with van der Waals surface area (Å²) < 4.78 is 5.36. The molecule has 1 unspecified atom stereocenters. The summed E-state index contributed by atoms with van der Waals surface area (Å²) in [6.45, 7) is 9.17. The molecule has 0 bridgehead atoms. The Labute approximate surface area is 268 Å². The van der Waals surface area contributed by atoms with Crippen LogP contribution in [0.2, 0.25) is 0 Å². The number of carbonyl (C=O) groups is 4. The van der Waals surface area contributed by atoms with Gasteiger partial charge in [0.2, 0.25) is 11.8 Å². The summed E-state index contributed by atoms with van der Waals surface area (Å²) in [4.78, 5) is 58.1. The van der Waals surface area contributed by atoms with Crippen molar-refractivity contribution in [3.63, 3.8) is 0 Å². The average Bonchev–Trinajstić information content (AvgIpc) is 3.41. The second-order valence-corrected chi connectivity index (χ2v) is 13.2. The lowest BCUT2D eigenvalue weighted by molar-refractivity contribution is -0.138. The maximum atomic E-state index is 14.2. The minimum Gasteiger partial charge on any atom is -0.444 e. The van der Waals surface area contributed by atoms with Crippen molar-refractivity contribution < 1.29 is 23.9 Å². The number of hydrogen-bond acceptors (Lipinski definition) is 5. The van der Waals surface area contributed by atoms with Gasteiger partial charge in [-0.3, -0.25) is 14.4 Å². The fourth-order valence-corrected chi connectivity index (χ4v) is 5.51. The monoisotopic (exact) mass is 623 g/mol. The molecule has 3 aromatic carbocycles. The zero-order valence-electron chi connectivity index (χ0n) is 26.9. The van der Waals surface area contributed by atoms with E-state index >= 15 is 0 Å². The van der Waals surface area contributed by atoms with Crippen LogP contribution >= 0.6 is 0 Å². The van der Waals surface area contributed by atoms with Gasteiger partial charge in [0.1, 0.15) is 17.2 Å². The molecule has 46 heavy (non-hydrogen) atoms. The van der Waals surface area contributed by atoms with Gasteiger partial charge in [-0.05, 0) is 88.1 Å². The molecule has 0 saturated carbocycles. The number of nitrogens with zero attached hydrogens (tertiary/aromatic N) is 1. The van der Waals surface area contributed by atoms with Gasteiger partial charge in [0, 0.05) is 47.9 Å². The highest BCUT2D eigenvalue weighted by atomic mass is 16.6. The molecule has 10 heteroatoms. The zero-order chi connectivity index (χ0) is 33.1. The summed E-state index contributed by atoms with van der Waals surface area (Å²) in [5, 5.41) is 9.47. The van der Waals surface area contributed by atoms with Gasteiger partial charge in [-0.2, -0.15) is 0 Å². The van der Waals surface area contributed by atoms with Gasteiger partial charge in [-0.15, -0.1) is 0 Å². The molecule has 0 radical (unpaired) electrons. The van der Waals surface area contributed by atoms with Crippen molar-refractivity contribution in [1.82, 2.24) is 20.5 Å². The van der Waals surface area contributed by atoms with Crippen molar-refractivity contribution in [2.75, 3.05) is 11.9 Å². The second-order valence-electron chi connectivity index (χ2n) is 13.2. The molecular weight excluding hydrogens is 582 g/mol. The maximum Gasteiger partial charge on any atom is 0.408 e. The number of benzene rings is 3. The minimum atomic E-state index is -1.36.